The summed E-state index contributed by atoms with van der Waals surface area (Å²) in [7, 11) is 0. The Balaban J connectivity index is 2.78. The third-order valence-electron chi connectivity index (χ3n) is 3.33. The summed E-state index contributed by atoms with van der Waals surface area (Å²) >= 11 is 0. The van der Waals surface area contributed by atoms with Gasteiger partial charge < -0.3 is 14.8 Å². The van der Waals surface area contributed by atoms with Crippen molar-refractivity contribution >= 4 is 11.6 Å². The van der Waals surface area contributed by atoms with Gasteiger partial charge in [0, 0.05) is 12.3 Å². The quantitative estimate of drug-likeness (QED) is 0.701. The van der Waals surface area contributed by atoms with Crippen LogP contribution in [0.1, 0.15) is 52.5 Å². The Morgan fingerprint density at radius 2 is 2.00 bits per heavy atom. The van der Waals surface area contributed by atoms with Crippen LogP contribution >= 0.6 is 0 Å². The number of carbonyl (C=O) groups is 1. The van der Waals surface area contributed by atoms with Crippen molar-refractivity contribution < 1.29 is 14.3 Å². The molecule has 0 atom stereocenters. The minimum atomic E-state index is -0.918. The molecule has 1 aromatic rings. The molecule has 0 radical (unpaired) electrons. The molecule has 1 rings (SSSR count). The van der Waals surface area contributed by atoms with Crippen LogP contribution in [0.4, 0.5) is 5.69 Å². The largest absolute Gasteiger partial charge is 0.492 e. The van der Waals surface area contributed by atoms with Gasteiger partial charge in [-0.25, -0.2) is 0 Å². The number of amides is 1. The molecule has 5 heteroatoms. The Bertz CT molecular complexity index is 562. The van der Waals surface area contributed by atoms with Crippen molar-refractivity contribution in [2.75, 3.05) is 18.5 Å². The van der Waals surface area contributed by atoms with E-state index in [1.165, 1.54) is 0 Å². The lowest BCUT2D eigenvalue weighted by atomic mass is 10.1. The maximum atomic E-state index is 12.3. The van der Waals surface area contributed by atoms with E-state index >= 15 is 0 Å². The van der Waals surface area contributed by atoms with E-state index in [0.717, 1.165) is 19.3 Å². The van der Waals surface area contributed by atoms with Gasteiger partial charge in [0.1, 0.15) is 17.4 Å². The predicted octanol–water partition coefficient (Wildman–Crippen LogP) is 3.88. The molecule has 0 aliphatic rings. The summed E-state index contributed by atoms with van der Waals surface area (Å²) in [6, 6.07) is 7.17. The van der Waals surface area contributed by atoms with E-state index in [-0.39, 0.29) is 5.91 Å². The molecule has 0 aliphatic heterocycles. The average Bonchev–Trinajstić information content (AvgIpc) is 2.54. The van der Waals surface area contributed by atoms with Crippen LogP contribution in [0.3, 0.4) is 0 Å². The number of nitrogens with zero attached hydrogens (tertiary/aromatic N) is 1. The third kappa shape index (κ3) is 5.91. The molecule has 0 saturated heterocycles. The highest BCUT2D eigenvalue weighted by Gasteiger charge is 2.28. The van der Waals surface area contributed by atoms with Gasteiger partial charge in [-0.1, -0.05) is 20.3 Å². The highest BCUT2D eigenvalue weighted by Crippen LogP contribution is 2.23. The molecular formula is C18H26N2O3. The van der Waals surface area contributed by atoms with Crippen LogP contribution in [0.2, 0.25) is 0 Å². The maximum Gasteiger partial charge on any atom is 0.256 e. The number of rotatable bonds is 9. The van der Waals surface area contributed by atoms with E-state index in [1.807, 2.05) is 6.92 Å². The second-order valence-electron chi connectivity index (χ2n) is 5.84. The Morgan fingerprint density at radius 3 is 2.61 bits per heavy atom. The summed E-state index contributed by atoms with van der Waals surface area (Å²) in [5.74, 6) is 0.301. The zero-order valence-electron chi connectivity index (χ0n) is 14.4. The van der Waals surface area contributed by atoms with Gasteiger partial charge in [0.2, 0.25) is 0 Å². The number of benzene rings is 1. The summed E-state index contributed by atoms with van der Waals surface area (Å²) in [4.78, 5) is 12.3. The van der Waals surface area contributed by atoms with Gasteiger partial charge in [-0.15, -0.1) is 0 Å². The van der Waals surface area contributed by atoms with Crippen molar-refractivity contribution in [1.29, 1.82) is 5.26 Å². The lowest BCUT2D eigenvalue weighted by molar-refractivity contribution is -0.137. The molecule has 5 nitrogen and oxygen atoms in total. The van der Waals surface area contributed by atoms with Crippen LogP contribution in [0.25, 0.3) is 0 Å². The second-order valence-corrected chi connectivity index (χ2v) is 5.84. The van der Waals surface area contributed by atoms with Gasteiger partial charge in [0.15, 0.2) is 0 Å². The fraction of sp³-hybridized carbons (Fsp3) is 0.556. The number of carbonyl (C=O) groups excluding carboxylic acids is 1. The van der Waals surface area contributed by atoms with Crippen molar-refractivity contribution in [2.24, 2.45) is 0 Å². The van der Waals surface area contributed by atoms with Crippen LogP contribution in [0.15, 0.2) is 18.2 Å². The van der Waals surface area contributed by atoms with Crippen LogP contribution < -0.4 is 10.1 Å². The first-order valence-electron chi connectivity index (χ1n) is 8.07. The number of unbranched alkanes of at least 4 members (excludes halogenated alkanes) is 1. The van der Waals surface area contributed by atoms with Gasteiger partial charge in [-0.05, 0) is 44.9 Å². The number of anilines is 1. The van der Waals surface area contributed by atoms with Crippen molar-refractivity contribution in [3.63, 3.8) is 0 Å². The monoisotopic (exact) mass is 318 g/mol. The number of nitrogens with one attached hydrogen (secondary N) is 1. The number of hydrogen-bond donors (Lipinski definition) is 1. The van der Waals surface area contributed by atoms with Crippen LogP contribution in [-0.4, -0.2) is 24.7 Å². The molecule has 1 aromatic carbocycles. The van der Waals surface area contributed by atoms with Crippen LogP contribution in [0, 0.1) is 11.3 Å². The fourth-order valence-corrected chi connectivity index (χ4v) is 1.85. The number of hydrogen-bond acceptors (Lipinski definition) is 4. The highest BCUT2D eigenvalue weighted by molar-refractivity contribution is 5.96. The summed E-state index contributed by atoms with van der Waals surface area (Å²) in [5.41, 5.74) is 0.0489. The zero-order chi connectivity index (χ0) is 17.3. The summed E-state index contributed by atoms with van der Waals surface area (Å²) in [5, 5.41) is 12.0. The first kappa shape index (κ1) is 19.0. The fourth-order valence-electron chi connectivity index (χ4n) is 1.85. The average molecular weight is 318 g/mol. The molecule has 1 N–H and O–H groups in total. The van der Waals surface area contributed by atoms with Crippen molar-refractivity contribution in [1.82, 2.24) is 0 Å². The predicted molar refractivity (Wildman–Crippen MR) is 90.5 cm³/mol. The molecule has 0 aromatic heterocycles. The van der Waals surface area contributed by atoms with Gasteiger partial charge in [0.05, 0.1) is 12.2 Å². The minimum Gasteiger partial charge on any atom is -0.492 e. The van der Waals surface area contributed by atoms with Gasteiger partial charge >= 0.3 is 0 Å². The summed E-state index contributed by atoms with van der Waals surface area (Å²) in [6.45, 7) is 8.62. The summed E-state index contributed by atoms with van der Waals surface area (Å²) in [6.07, 6.45) is 2.81. The standard InChI is InChI=1S/C18H26N2O3/c1-5-7-11-22-16-9-8-15(12-14(16)13-19)20-17(21)18(3,4)23-10-6-2/h8-9,12H,5-7,10-11H2,1-4H3,(H,20,21). The topological polar surface area (TPSA) is 71.3 Å². The van der Waals surface area contributed by atoms with Gasteiger partial charge in [-0.3, -0.25) is 4.79 Å². The van der Waals surface area contributed by atoms with E-state index in [4.69, 9.17) is 9.47 Å². The molecule has 0 saturated carbocycles. The highest BCUT2D eigenvalue weighted by atomic mass is 16.5. The lowest BCUT2D eigenvalue weighted by Crippen LogP contribution is -2.40. The Morgan fingerprint density at radius 1 is 1.26 bits per heavy atom. The maximum absolute atomic E-state index is 12.3. The van der Waals surface area contributed by atoms with Crippen molar-refractivity contribution in [3.8, 4) is 11.8 Å². The molecule has 0 unspecified atom stereocenters. The Hall–Kier alpha value is -2.06. The van der Waals surface area contributed by atoms with E-state index in [2.05, 4.69) is 18.3 Å². The van der Waals surface area contributed by atoms with Crippen molar-refractivity contribution in [3.05, 3.63) is 23.8 Å². The van der Waals surface area contributed by atoms with Crippen molar-refractivity contribution in [2.45, 2.75) is 52.6 Å². The summed E-state index contributed by atoms with van der Waals surface area (Å²) < 4.78 is 11.1. The SMILES string of the molecule is CCCCOc1ccc(NC(=O)C(C)(C)OCCC)cc1C#N. The molecule has 0 bridgehead atoms. The Kier molecular flexibility index (Phi) is 7.56. The molecular weight excluding hydrogens is 292 g/mol. The van der Waals surface area contributed by atoms with E-state index in [0.29, 0.717) is 30.2 Å². The van der Waals surface area contributed by atoms with Crippen LogP contribution in [-0.2, 0) is 9.53 Å². The Labute approximate surface area is 138 Å². The first-order chi connectivity index (χ1) is 10.9. The van der Waals surface area contributed by atoms with E-state index in [1.54, 1.807) is 32.0 Å². The first-order valence-corrected chi connectivity index (χ1v) is 8.07. The van der Waals surface area contributed by atoms with Gasteiger partial charge in [0.25, 0.3) is 5.91 Å². The lowest BCUT2D eigenvalue weighted by Gasteiger charge is -2.24. The van der Waals surface area contributed by atoms with Gasteiger partial charge in [-0.2, -0.15) is 5.26 Å². The van der Waals surface area contributed by atoms with E-state index < -0.39 is 5.60 Å². The molecule has 0 aliphatic carbocycles. The van der Waals surface area contributed by atoms with E-state index in [9.17, 15) is 10.1 Å². The molecule has 126 valence electrons. The third-order valence-corrected chi connectivity index (χ3v) is 3.33. The molecule has 1 amide bonds. The molecule has 23 heavy (non-hydrogen) atoms. The smallest absolute Gasteiger partial charge is 0.256 e. The normalized spacial score (nSPS) is 10.9. The molecule has 0 spiro atoms. The van der Waals surface area contributed by atoms with Crippen LogP contribution in [0.5, 0.6) is 5.75 Å². The zero-order valence-corrected chi connectivity index (χ0v) is 14.4. The minimum absolute atomic E-state index is 0.241. The second kappa shape index (κ2) is 9.16. The molecule has 0 heterocycles. The molecule has 0 fully saturated rings. The number of ether oxygens (including phenoxy) is 2. The number of nitriles is 1.